The Morgan fingerprint density at radius 3 is 2.06 bits per heavy atom. The first-order valence-corrected chi connectivity index (χ1v) is 11.2. The summed E-state index contributed by atoms with van der Waals surface area (Å²) in [6, 6.07) is 9.50. The van der Waals surface area contributed by atoms with Gasteiger partial charge in [-0.3, -0.25) is 9.69 Å². The minimum atomic E-state index is -5.44. The predicted molar refractivity (Wildman–Crippen MR) is 110 cm³/mol. The second-order valence-electron chi connectivity index (χ2n) is 7.23. The number of hydrogen-bond donors (Lipinski definition) is 0. The summed E-state index contributed by atoms with van der Waals surface area (Å²) in [4.78, 5) is 15.6. The van der Waals surface area contributed by atoms with E-state index in [9.17, 15) is 26.4 Å². The van der Waals surface area contributed by atoms with Crippen molar-refractivity contribution in [2.24, 2.45) is 0 Å². The molecule has 174 valence electrons. The number of alkyl halides is 3. The SMILES string of the molecule is COc1ccc(CN2CCN(C(=O)c3ccc(S(=O)(=O)C(F)(F)F)cc3)CC2)cc1OC. The van der Waals surface area contributed by atoms with Crippen LogP contribution >= 0.6 is 0 Å². The molecule has 1 aliphatic rings. The molecule has 1 fully saturated rings. The van der Waals surface area contributed by atoms with Crippen LogP contribution in [-0.4, -0.2) is 70.0 Å². The molecule has 1 heterocycles. The molecule has 11 heteroatoms. The molecule has 0 radical (unpaired) electrons. The zero-order valence-corrected chi connectivity index (χ0v) is 18.4. The zero-order chi connectivity index (χ0) is 23.5. The molecule has 7 nitrogen and oxygen atoms in total. The van der Waals surface area contributed by atoms with E-state index in [1.54, 1.807) is 19.1 Å². The number of piperazine rings is 1. The number of carbonyl (C=O) groups excluding carboxylic acids is 1. The minimum Gasteiger partial charge on any atom is -0.493 e. The fourth-order valence-corrected chi connectivity index (χ4v) is 4.20. The monoisotopic (exact) mass is 472 g/mol. The normalized spacial score (nSPS) is 15.5. The summed E-state index contributed by atoms with van der Waals surface area (Å²) in [5, 5.41) is 0. The van der Waals surface area contributed by atoms with Gasteiger partial charge in [-0.2, -0.15) is 13.2 Å². The fraction of sp³-hybridized carbons (Fsp3) is 0.381. The van der Waals surface area contributed by atoms with Crippen LogP contribution in [0.4, 0.5) is 13.2 Å². The van der Waals surface area contributed by atoms with Crippen molar-refractivity contribution >= 4 is 15.7 Å². The number of methoxy groups -OCH3 is 2. The standard InChI is InChI=1S/C21H23F3N2O5S/c1-30-18-8-3-15(13-19(18)31-2)14-25-9-11-26(12-10-25)20(27)16-4-6-17(7-5-16)32(28,29)21(22,23)24/h3-8,13H,9-12,14H2,1-2H3. The number of rotatable bonds is 6. The van der Waals surface area contributed by atoms with E-state index in [2.05, 4.69) is 4.90 Å². The van der Waals surface area contributed by atoms with Crippen LogP contribution in [0.1, 0.15) is 15.9 Å². The van der Waals surface area contributed by atoms with Gasteiger partial charge in [-0.05, 0) is 42.0 Å². The van der Waals surface area contributed by atoms with Gasteiger partial charge in [0.1, 0.15) is 0 Å². The van der Waals surface area contributed by atoms with E-state index in [4.69, 9.17) is 9.47 Å². The van der Waals surface area contributed by atoms with Crippen LogP contribution in [-0.2, 0) is 16.4 Å². The maximum atomic E-state index is 12.7. The molecule has 0 unspecified atom stereocenters. The number of nitrogens with zero attached hydrogens (tertiary/aromatic N) is 2. The Balaban J connectivity index is 1.60. The molecule has 2 aromatic rings. The number of halogens is 3. The summed E-state index contributed by atoms with van der Waals surface area (Å²) in [7, 11) is -2.31. The van der Waals surface area contributed by atoms with Crippen molar-refractivity contribution in [3.05, 3.63) is 53.6 Å². The van der Waals surface area contributed by atoms with E-state index in [0.29, 0.717) is 44.2 Å². The van der Waals surface area contributed by atoms with Gasteiger partial charge in [0.05, 0.1) is 19.1 Å². The summed E-state index contributed by atoms with van der Waals surface area (Å²) in [6.45, 7) is 2.76. The van der Waals surface area contributed by atoms with Crippen molar-refractivity contribution in [1.82, 2.24) is 9.80 Å². The van der Waals surface area contributed by atoms with Crippen LogP contribution in [0.2, 0.25) is 0 Å². The van der Waals surface area contributed by atoms with E-state index in [-0.39, 0.29) is 11.5 Å². The molecule has 0 N–H and O–H groups in total. The van der Waals surface area contributed by atoms with Gasteiger partial charge in [0.25, 0.3) is 15.7 Å². The predicted octanol–water partition coefficient (Wildman–Crippen LogP) is 2.96. The van der Waals surface area contributed by atoms with Crippen molar-refractivity contribution < 1.29 is 35.9 Å². The molecule has 1 aliphatic heterocycles. The van der Waals surface area contributed by atoms with Crippen LogP contribution in [0.25, 0.3) is 0 Å². The maximum Gasteiger partial charge on any atom is 0.501 e. The third-order valence-corrected chi connectivity index (χ3v) is 6.73. The Labute approximate surface area is 184 Å². The molecule has 0 aliphatic carbocycles. The number of benzene rings is 2. The van der Waals surface area contributed by atoms with Gasteiger partial charge in [-0.25, -0.2) is 8.42 Å². The fourth-order valence-electron chi connectivity index (χ4n) is 3.44. The maximum absolute atomic E-state index is 12.7. The molecule has 0 aromatic heterocycles. The molecule has 2 aromatic carbocycles. The summed E-state index contributed by atoms with van der Waals surface area (Å²) in [5.41, 5.74) is -4.22. The van der Waals surface area contributed by atoms with Crippen molar-refractivity contribution in [2.75, 3.05) is 40.4 Å². The molecule has 1 amide bonds. The van der Waals surface area contributed by atoms with Gasteiger partial charge in [0.15, 0.2) is 11.5 Å². The van der Waals surface area contributed by atoms with Gasteiger partial charge in [0, 0.05) is 38.3 Å². The third kappa shape index (κ3) is 4.99. The highest BCUT2D eigenvalue weighted by Crippen LogP contribution is 2.30. The highest BCUT2D eigenvalue weighted by molar-refractivity contribution is 7.92. The van der Waals surface area contributed by atoms with E-state index < -0.39 is 20.2 Å². The van der Waals surface area contributed by atoms with Gasteiger partial charge in [-0.1, -0.05) is 6.07 Å². The Morgan fingerprint density at radius 2 is 1.53 bits per heavy atom. The number of sulfone groups is 1. The lowest BCUT2D eigenvalue weighted by Gasteiger charge is -2.35. The lowest BCUT2D eigenvalue weighted by Crippen LogP contribution is -2.48. The molecular formula is C21H23F3N2O5S. The molecule has 0 spiro atoms. The number of amides is 1. The van der Waals surface area contributed by atoms with Gasteiger partial charge in [0.2, 0.25) is 0 Å². The molecule has 1 saturated heterocycles. The smallest absolute Gasteiger partial charge is 0.493 e. The molecule has 0 bridgehead atoms. The van der Waals surface area contributed by atoms with Crippen LogP contribution in [0.5, 0.6) is 11.5 Å². The summed E-state index contributed by atoms with van der Waals surface area (Å²) < 4.78 is 71.4. The number of ether oxygens (including phenoxy) is 2. The topological polar surface area (TPSA) is 76.2 Å². The van der Waals surface area contributed by atoms with Gasteiger partial charge < -0.3 is 14.4 Å². The van der Waals surface area contributed by atoms with Crippen LogP contribution in [0.15, 0.2) is 47.4 Å². The molecule has 3 rings (SSSR count). The minimum absolute atomic E-state index is 0.138. The van der Waals surface area contributed by atoms with Crippen LogP contribution in [0, 0.1) is 0 Å². The zero-order valence-electron chi connectivity index (χ0n) is 17.6. The molecule has 0 saturated carbocycles. The van der Waals surface area contributed by atoms with E-state index in [0.717, 1.165) is 29.8 Å². The second-order valence-corrected chi connectivity index (χ2v) is 9.17. The lowest BCUT2D eigenvalue weighted by atomic mass is 10.1. The highest BCUT2D eigenvalue weighted by atomic mass is 32.2. The first kappa shape index (κ1) is 23.9. The summed E-state index contributed by atoms with van der Waals surface area (Å²) >= 11 is 0. The van der Waals surface area contributed by atoms with E-state index >= 15 is 0 Å². The van der Waals surface area contributed by atoms with Crippen molar-refractivity contribution in [3.63, 3.8) is 0 Å². The first-order chi connectivity index (χ1) is 15.1. The Morgan fingerprint density at radius 1 is 0.938 bits per heavy atom. The molecular weight excluding hydrogens is 449 g/mol. The third-order valence-electron chi connectivity index (χ3n) is 5.23. The largest absolute Gasteiger partial charge is 0.501 e. The van der Waals surface area contributed by atoms with E-state index in [1.807, 2.05) is 18.2 Å². The Kier molecular flexibility index (Phi) is 6.99. The van der Waals surface area contributed by atoms with Crippen molar-refractivity contribution in [3.8, 4) is 11.5 Å². The van der Waals surface area contributed by atoms with E-state index in [1.165, 1.54) is 0 Å². The Hall–Kier alpha value is -2.79. The Bertz CT molecular complexity index is 1060. The lowest BCUT2D eigenvalue weighted by molar-refractivity contribution is -0.0436. The van der Waals surface area contributed by atoms with Gasteiger partial charge in [-0.15, -0.1) is 0 Å². The van der Waals surface area contributed by atoms with Crippen LogP contribution < -0.4 is 9.47 Å². The summed E-state index contributed by atoms with van der Waals surface area (Å²) in [5.74, 6) is 0.919. The summed E-state index contributed by atoms with van der Waals surface area (Å²) in [6.07, 6.45) is 0. The first-order valence-electron chi connectivity index (χ1n) is 9.71. The second kappa shape index (κ2) is 9.37. The average molecular weight is 472 g/mol. The van der Waals surface area contributed by atoms with Gasteiger partial charge >= 0.3 is 5.51 Å². The average Bonchev–Trinajstić information content (AvgIpc) is 2.78. The van der Waals surface area contributed by atoms with Crippen molar-refractivity contribution in [1.29, 1.82) is 0 Å². The molecule has 32 heavy (non-hydrogen) atoms. The number of carbonyl (C=O) groups is 1. The quantitative estimate of drug-likeness (QED) is 0.644. The number of hydrogen-bond acceptors (Lipinski definition) is 6. The van der Waals surface area contributed by atoms with Crippen molar-refractivity contribution in [2.45, 2.75) is 16.9 Å². The highest BCUT2D eigenvalue weighted by Gasteiger charge is 2.46. The molecule has 0 atom stereocenters. The van der Waals surface area contributed by atoms with Crippen LogP contribution in [0.3, 0.4) is 0 Å².